The Hall–Kier alpha value is -3.87. The predicted molar refractivity (Wildman–Crippen MR) is 113 cm³/mol. The van der Waals surface area contributed by atoms with E-state index in [4.69, 9.17) is 4.98 Å². The fraction of sp³-hybridized carbons (Fsp3) is 0.130. The summed E-state index contributed by atoms with van der Waals surface area (Å²) in [6.45, 7) is 2.83. The normalized spacial score (nSPS) is 11.3. The second-order valence-electron chi connectivity index (χ2n) is 7.12. The Morgan fingerprint density at radius 2 is 1.90 bits per heavy atom. The highest BCUT2D eigenvalue weighted by molar-refractivity contribution is 5.82. The maximum Gasteiger partial charge on any atom is 0.147 e. The van der Waals surface area contributed by atoms with Crippen LogP contribution < -0.4 is 0 Å². The van der Waals surface area contributed by atoms with E-state index in [0.717, 1.165) is 52.3 Å². The molecule has 6 nitrogen and oxygen atoms in total. The molecule has 0 atom stereocenters. The van der Waals surface area contributed by atoms with Crippen molar-refractivity contribution < 1.29 is 4.39 Å². The number of fused-ring (bicyclic) bond motifs is 1. The third kappa shape index (κ3) is 3.34. The minimum atomic E-state index is -0.276. The van der Waals surface area contributed by atoms with Gasteiger partial charge in [0.1, 0.15) is 11.6 Å². The van der Waals surface area contributed by atoms with Crippen molar-refractivity contribution in [3.63, 3.8) is 0 Å². The van der Waals surface area contributed by atoms with Crippen molar-refractivity contribution in [2.45, 2.75) is 19.9 Å². The fourth-order valence-electron chi connectivity index (χ4n) is 3.60. The van der Waals surface area contributed by atoms with Gasteiger partial charge in [0.2, 0.25) is 0 Å². The Morgan fingerprint density at radius 1 is 1.03 bits per heavy atom. The largest absolute Gasteiger partial charge is 0.291 e. The maximum atomic E-state index is 13.5. The lowest BCUT2D eigenvalue weighted by Gasteiger charge is -2.12. The van der Waals surface area contributed by atoms with Crippen LogP contribution in [0.2, 0.25) is 0 Å². The van der Waals surface area contributed by atoms with Crippen LogP contribution in [0.25, 0.3) is 28.1 Å². The number of aromatic nitrogens is 6. The van der Waals surface area contributed by atoms with E-state index in [1.807, 2.05) is 33.8 Å². The van der Waals surface area contributed by atoms with Crippen molar-refractivity contribution in [3.8, 4) is 17.1 Å². The average Bonchev–Trinajstić information content (AvgIpc) is 3.41. The van der Waals surface area contributed by atoms with Crippen LogP contribution in [0.5, 0.6) is 0 Å². The molecule has 1 aromatic carbocycles. The van der Waals surface area contributed by atoms with Crippen molar-refractivity contribution >= 4 is 11.0 Å². The summed E-state index contributed by atoms with van der Waals surface area (Å²) in [7, 11) is 0. The summed E-state index contributed by atoms with van der Waals surface area (Å²) in [6, 6.07) is 12.3. The molecular formula is C23H19FN6. The average molecular weight is 398 g/mol. The summed E-state index contributed by atoms with van der Waals surface area (Å²) >= 11 is 0. The van der Waals surface area contributed by atoms with Gasteiger partial charge in [-0.15, -0.1) is 0 Å². The molecule has 0 aliphatic heterocycles. The first kappa shape index (κ1) is 18.2. The number of imidazole rings is 1. The van der Waals surface area contributed by atoms with E-state index in [2.05, 4.69) is 28.1 Å². The molecule has 5 aromatic rings. The van der Waals surface area contributed by atoms with Crippen LogP contribution in [0.3, 0.4) is 0 Å². The molecule has 0 unspecified atom stereocenters. The van der Waals surface area contributed by atoms with Gasteiger partial charge >= 0.3 is 0 Å². The van der Waals surface area contributed by atoms with E-state index in [1.165, 1.54) is 12.1 Å². The third-order valence-corrected chi connectivity index (χ3v) is 5.11. The van der Waals surface area contributed by atoms with Gasteiger partial charge in [-0.1, -0.05) is 0 Å². The molecule has 0 aliphatic rings. The second-order valence-corrected chi connectivity index (χ2v) is 7.12. The zero-order valence-corrected chi connectivity index (χ0v) is 16.4. The lowest BCUT2D eigenvalue weighted by Crippen LogP contribution is -2.04. The van der Waals surface area contributed by atoms with E-state index in [9.17, 15) is 4.39 Å². The molecule has 4 heterocycles. The lowest BCUT2D eigenvalue weighted by atomic mass is 10.1. The number of nitrogens with zero attached hydrogens (tertiary/aromatic N) is 6. The van der Waals surface area contributed by atoms with E-state index in [-0.39, 0.29) is 5.82 Å². The van der Waals surface area contributed by atoms with Gasteiger partial charge < -0.3 is 0 Å². The lowest BCUT2D eigenvalue weighted by molar-refractivity contribution is 0.608. The van der Waals surface area contributed by atoms with E-state index < -0.39 is 0 Å². The van der Waals surface area contributed by atoms with Crippen LogP contribution in [-0.2, 0) is 13.0 Å². The SMILES string of the molecule is Cc1cc(CCn2cccn2)ncc1-c1nc2ccncc2n1-c1ccc(F)cc1. The van der Waals surface area contributed by atoms with E-state index in [1.54, 1.807) is 30.7 Å². The molecule has 0 fully saturated rings. The summed E-state index contributed by atoms with van der Waals surface area (Å²) in [4.78, 5) is 13.7. The molecule has 0 N–H and O–H groups in total. The molecule has 0 radical (unpaired) electrons. The number of hydrogen-bond donors (Lipinski definition) is 0. The summed E-state index contributed by atoms with van der Waals surface area (Å²) in [5.41, 5.74) is 5.51. The van der Waals surface area contributed by atoms with Crippen LogP contribution in [0.4, 0.5) is 4.39 Å². The Morgan fingerprint density at radius 3 is 2.67 bits per heavy atom. The molecule has 0 saturated carbocycles. The zero-order valence-electron chi connectivity index (χ0n) is 16.4. The van der Waals surface area contributed by atoms with E-state index >= 15 is 0 Å². The first-order chi connectivity index (χ1) is 14.7. The number of pyridine rings is 2. The first-order valence-electron chi connectivity index (χ1n) is 9.71. The second kappa shape index (κ2) is 7.51. The minimum Gasteiger partial charge on any atom is -0.291 e. The maximum absolute atomic E-state index is 13.5. The molecular weight excluding hydrogens is 379 g/mol. The van der Waals surface area contributed by atoms with Gasteiger partial charge in [-0.25, -0.2) is 9.37 Å². The Labute approximate surface area is 172 Å². The number of benzene rings is 1. The van der Waals surface area contributed by atoms with Crippen LogP contribution in [0.1, 0.15) is 11.3 Å². The van der Waals surface area contributed by atoms with Crippen molar-refractivity contribution in [1.29, 1.82) is 0 Å². The highest BCUT2D eigenvalue weighted by Crippen LogP contribution is 2.30. The van der Waals surface area contributed by atoms with Crippen molar-refractivity contribution in [1.82, 2.24) is 29.3 Å². The third-order valence-electron chi connectivity index (χ3n) is 5.11. The number of rotatable bonds is 5. The summed E-state index contributed by atoms with van der Waals surface area (Å²) in [5.74, 6) is 0.482. The summed E-state index contributed by atoms with van der Waals surface area (Å²) < 4.78 is 17.4. The topological polar surface area (TPSA) is 61.4 Å². The summed E-state index contributed by atoms with van der Waals surface area (Å²) in [6.07, 6.45) is 9.87. The number of aryl methyl sites for hydroxylation is 3. The van der Waals surface area contributed by atoms with Gasteiger partial charge in [-0.05, 0) is 55.0 Å². The van der Waals surface area contributed by atoms with Gasteiger partial charge in [0, 0.05) is 54.7 Å². The molecule has 0 bridgehead atoms. The van der Waals surface area contributed by atoms with Crippen molar-refractivity contribution in [3.05, 3.63) is 90.5 Å². The molecule has 0 saturated heterocycles. The van der Waals surface area contributed by atoms with Crippen molar-refractivity contribution in [2.75, 3.05) is 0 Å². The number of hydrogen-bond acceptors (Lipinski definition) is 4. The predicted octanol–water partition coefficient (Wildman–Crippen LogP) is 4.37. The zero-order chi connectivity index (χ0) is 20.5. The molecule has 0 aliphatic carbocycles. The van der Waals surface area contributed by atoms with E-state index in [0.29, 0.717) is 0 Å². The molecule has 5 rings (SSSR count). The highest BCUT2D eigenvalue weighted by atomic mass is 19.1. The Kier molecular flexibility index (Phi) is 4.55. The quantitative estimate of drug-likeness (QED) is 0.441. The van der Waals surface area contributed by atoms with Gasteiger partial charge in [0.05, 0.1) is 17.2 Å². The van der Waals surface area contributed by atoms with Crippen LogP contribution >= 0.6 is 0 Å². The molecule has 7 heteroatoms. The molecule has 148 valence electrons. The number of halogens is 1. The standard InChI is InChI=1S/C23H19FN6/c1-16-13-18(8-12-29-11-2-9-27-29)26-14-20(16)23-28-21-7-10-25-15-22(21)30(23)19-5-3-17(24)4-6-19/h2-7,9-11,13-15H,8,12H2,1H3. The monoisotopic (exact) mass is 398 g/mol. The van der Waals surface area contributed by atoms with Crippen LogP contribution in [0, 0.1) is 12.7 Å². The van der Waals surface area contributed by atoms with Crippen LogP contribution in [-0.4, -0.2) is 29.3 Å². The highest BCUT2D eigenvalue weighted by Gasteiger charge is 2.17. The molecule has 4 aromatic heterocycles. The smallest absolute Gasteiger partial charge is 0.147 e. The Balaban J connectivity index is 1.57. The molecule has 30 heavy (non-hydrogen) atoms. The van der Waals surface area contributed by atoms with Crippen molar-refractivity contribution in [2.24, 2.45) is 0 Å². The van der Waals surface area contributed by atoms with Gasteiger partial charge in [0.25, 0.3) is 0 Å². The van der Waals surface area contributed by atoms with Gasteiger partial charge in [-0.3, -0.25) is 19.2 Å². The molecule has 0 amide bonds. The fourth-order valence-corrected chi connectivity index (χ4v) is 3.60. The van der Waals surface area contributed by atoms with Crippen LogP contribution in [0.15, 0.2) is 73.4 Å². The first-order valence-corrected chi connectivity index (χ1v) is 9.71. The van der Waals surface area contributed by atoms with Gasteiger partial charge in [0.15, 0.2) is 0 Å². The minimum absolute atomic E-state index is 0.276. The molecule has 0 spiro atoms. The Bertz CT molecular complexity index is 1310. The summed E-state index contributed by atoms with van der Waals surface area (Å²) in [5, 5.41) is 4.24. The van der Waals surface area contributed by atoms with Gasteiger partial charge in [-0.2, -0.15) is 5.10 Å².